The van der Waals surface area contributed by atoms with Gasteiger partial charge in [0, 0.05) is 42.4 Å². The number of nitrogens with zero attached hydrogens (tertiary/aromatic N) is 1. The summed E-state index contributed by atoms with van der Waals surface area (Å²) in [5.41, 5.74) is 2.55. The maximum absolute atomic E-state index is 12.8. The number of likely N-dealkylation sites (tertiary alicyclic amines) is 1. The zero-order valence-corrected chi connectivity index (χ0v) is 17.2. The topological polar surface area (TPSA) is 50.8 Å². The van der Waals surface area contributed by atoms with Gasteiger partial charge in [0.1, 0.15) is 11.5 Å². The average molecular weight is 383 g/mol. The maximum Gasteiger partial charge on any atom is 0.251 e. The molecule has 0 spiro atoms. The molecular weight excluding hydrogens is 352 g/mol. The Morgan fingerprint density at radius 1 is 1.07 bits per heavy atom. The number of hydrogen-bond acceptors (Lipinski definition) is 4. The maximum atomic E-state index is 12.8. The number of methoxy groups -OCH3 is 2. The van der Waals surface area contributed by atoms with E-state index in [9.17, 15) is 4.79 Å². The van der Waals surface area contributed by atoms with Crippen molar-refractivity contribution in [2.24, 2.45) is 0 Å². The van der Waals surface area contributed by atoms with E-state index < -0.39 is 0 Å². The summed E-state index contributed by atoms with van der Waals surface area (Å²) in [5.74, 6) is 1.44. The van der Waals surface area contributed by atoms with E-state index >= 15 is 0 Å². The molecule has 2 aromatic carbocycles. The van der Waals surface area contributed by atoms with Gasteiger partial charge in [0.05, 0.1) is 14.2 Å². The predicted octanol–water partition coefficient (Wildman–Crippen LogP) is 3.97. The number of carbonyl (C=O) groups is 1. The van der Waals surface area contributed by atoms with Gasteiger partial charge < -0.3 is 19.7 Å². The molecule has 28 heavy (non-hydrogen) atoms. The smallest absolute Gasteiger partial charge is 0.251 e. The van der Waals surface area contributed by atoms with Gasteiger partial charge in [-0.3, -0.25) is 4.79 Å². The van der Waals surface area contributed by atoms with E-state index in [0.29, 0.717) is 11.6 Å². The van der Waals surface area contributed by atoms with E-state index in [2.05, 4.69) is 24.1 Å². The van der Waals surface area contributed by atoms with Gasteiger partial charge in [-0.2, -0.15) is 0 Å². The fraction of sp³-hybridized carbons (Fsp3) is 0.435. The molecule has 0 saturated carbocycles. The highest BCUT2D eigenvalue weighted by Gasteiger charge is 2.22. The molecule has 0 atom stereocenters. The number of benzene rings is 2. The quantitative estimate of drug-likeness (QED) is 0.821. The molecule has 0 aromatic heterocycles. The Hall–Kier alpha value is -2.53. The van der Waals surface area contributed by atoms with Gasteiger partial charge in [0.25, 0.3) is 5.91 Å². The first-order valence-corrected chi connectivity index (χ1v) is 9.89. The van der Waals surface area contributed by atoms with Crippen LogP contribution in [-0.2, 0) is 0 Å². The molecule has 3 rings (SSSR count). The van der Waals surface area contributed by atoms with E-state index in [1.165, 1.54) is 0 Å². The minimum atomic E-state index is -0.0164. The van der Waals surface area contributed by atoms with Gasteiger partial charge in [0.2, 0.25) is 0 Å². The minimum absolute atomic E-state index is 0.0164. The fourth-order valence-electron chi connectivity index (χ4n) is 3.69. The largest absolute Gasteiger partial charge is 0.497 e. The second-order valence-corrected chi connectivity index (χ2v) is 7.52. The van der Waals surface area contributed by atoms with Crippen molar-refractivity contribution in [1.82, 2.24) is 10.2 Å². The summed E-state index contributed by atoms with van der Waals surface area (Å²) >= 11 is 0. The van der Waals surface area contributed by atoms with Crippen molar-refractivity contribution in [1.29, 1.82) is 0 Å². The molecule has 0 radical (unpaired) electrons. The van der Waals surface area contributed by atoms with Crippen LogP contribution in [0, 0.1) is 0 Å². The summed E-state index contributed by atoms with van der Waals surface area (Å²) in [5, 5.41) is 3.20. The van der Waals surface area contributed by atoms with Gasteiger partial charge in [-0.1, -0.05) is 12.1 Å². The zero-order chi connectivity index (χ0) is 20.1. The zero-order valence-electron chi connectivity index (χ0n) is 17.2. The highest BCUT2D eigenvalue weighted by molar-refractivity contribution is 5.95. The van der Waals surface area contributed by atoms with E-state index in [0.717, 1.165) is 48.6 Å². The molecule has 1 aliphatic rings. The third-order valence-corrected chi connectivity index (χ3v) is 5.44. The molecule has 0 unspecified atom stereocenters. The van der Waals surface area contributed by atoms with Gasteiger partial charge in [-0.05, 0) is 56.5 Å². The third kappa shape index (κ3) is 4.65. The molecule has 0 aliphatic carbocycles. The monoisotopic (exact) mass is 382 g/mol. The number of hydrogen-bond donors (Lipinski definition) is 1. The van der Waals surface area contributed by atoms with Crippen molar-refractivity contribution in [2.75, 3.05) is 27.3 Å². The number of amides is 1. The Morgan fingerprint density at radius 3 is 2.46 bits per heavy atom. The summed E-state index contributed by atoms with van der Waals surface area (Å²) < 4.78 is 10.8. The molecule has 1 aliphatic heterocycles. The van der Waals surface area contributed by atoms with Crippen molar-refractivity contribution in [3.05, 3.63) is 48.0 Å². The van der Waals surface area contributed by atoms with Gasteiger partial charge in [0.15, 0.2) is 0 Å². The first kappa shape index (κ1) is 20.2. The predicted molar refractivity (Wildman–Crippen MR) is 112 cm³/mol. The van der Waals surface area contributed by atoms with E-state index in [4.69, 9.17) is 9.47 Å². The Bertz CT molecular complexity index is 811. The summed E-state index contributed by atoms with van der Waals surface area (Å²) in [7, 11) is 3.27. The molecule has 5 heteroatoms. The van der Waals surface area contributed by atoms with Crippen LogP contribution < -0.4 is 14.8 Å². The van der Waals surface area contributed by atoms with Crippen LogP contribution in [0.25, 0.3) is 11.1 Å². The SMILES string of the molecule is COc1ccc(-c2cccc(C(=O)NC3CCN(C(C)C)CC3)c2)c(OC)c1. The lowest BCUT2D eigenvalue weighted by Gasteiger charge is -2.34. The first-order chi connectivity index (χ1) is 13.5. The summed E-state index contributed by atoms with van der Waals surface area (Å²) in [6.45, 7) is 6.51. The van der Waals surface area contributed by atoms with Crippen LogP contribution in [0.1, 0.15) is 37.0 Å². The molecule has 1 heterocycles. The summed E-state index contributed by atoms with van der Waals surface area (Å²) in [6.07, 6.45) is 1.99. The highest BCUT2D eigenvalue weighted by Crippen LogP contribution is 2.33. The Kier molecular flexibility index (Phi) is 6.57. The van der Waals surface area contributed by atoms with Crippen LogP contribution in [0.15, 0.2) is 42.5 Å². The lowest BCUT2D eigenvalue weighted by molar-refractivity contribution is 0.0900. The molecule has 1 saturated heterocycles. The van der Waals surface area contributed by atoms with Crippen LogP contribution in [-0.4, -0.2) is 50.2 Å². The number of piperidine rings is 1. The molecule has 1 amide bonds. The van der Waals surface area contributed by atoms with Crippen molar-refractivity contribution in [2.45, 2.75) is 38.8 Å². The van der Waals surface area contributed by atoms with Crippen LogP contribution in [0.5, 0.6) is 11.5 Å². The molecule has 150 valence electrons. The van der Waals surface area contributed by atoms with Crippen molar-refractivity contribution >= 4 is 5.91 Å². The average Bonchev–Trinajstić information content (AvgIpc) is 2.73. The molecule has 2 aromatic rings. The standard InChI is InChI=1S/C23H30N2O3/c1-16(2)25-12-10-19(11-13-25)24-23(26)18-7-5-6-17(14-18)21-9-8-20(27-3)15-22(21)28-4/h5-9,14-16,19H,10-13H2,1-4H3,(H,24,26). The molecule has 1 N–H and O–H groups in total. The third-order valence-electron chi connectivity index (χ3n) is 5.44. The lowest BCUT2D eigenvalue weighted by Crippen LogP contribution is -2.46. The Balaban J connectivity index is 1.72. The number of rotatable bonds is 6. The van der Waals surface area contributed by atoms with E-state index in [-0.39, 0.29) is 11.9 Å². The van der Waals surface area contributed by atoms with Crippen molar-refractivity contribution in [3.63, 3.8) is 0 Å². The highest BCUT2D eigenvalue weighted by atomic mass is 16.5. The molecule has 0 bridgehead atoms. The summed E-state index contributed by atoms with van der Waals surface area (Å²) in [4.78, 5) is 15.2. The van der Waals surface area contributed by atoms with Gasteiger partial charge in [-0.15, -0.1) is 0 Å². The normalized spacial score (nSPS) is 15.5. The van der Waals surface area contributed by atoms with Crippen LogP contribution >= 0.6 is 0 Å². The van der Waals surface area contributed by atoms with Gasteiger partial charge in [-0.25, -0.2) is 0 Å². The molecule has 1 fully saturated rings. The van der Waals surface area contributed by atoms with Crippen molar-refractivity contribution in [3.8, 4) is 22.6 Å². The summed E-state index contributed by atoms with van der Waals surface area (Å²) in [6, 6.07) is 14.2. The molecule has 5 nitrogen and oxygen atoms in total. The lowest BCUT2D eigenvalue weighted by atomic mass is 10.0. The number of ether oxygens (including phenoxy) is 2. The second-order valence-electron chi connectivity index (χ2n) is 7.52. The number of carbonyl (C=O) groups excluding carboxylic acids is 1. The fourth-order valence-corrected chi connectivity index (χ4v) is 3.69. The Labute approximate surface area is 167 Å². The Morgan fingerprint density at radius 2 is 1.82 bits per heavy atom. The van der Waals surface area contributed by atoms with Gasteiger partial charge >= 0.3 is 0 Å². The van der Waals surface area contributed by atoms with Crippen LogP contribution in [0.4, 0.5) is 0 Å². The first-order valence-electron chi connectivity index (χ1n) is 9.89. The van der Waals surface area contributed by atoms with Crippen LogP contribution in [0.3, 0.4) is 0 Å². The van der Waals surface area contributed by atoms with Crippen LogP contribution in [0.2, 0.25) is 0 Å². The van der Waals surface area contributed by atoms with E-state index in [1.54, 1.807) is 14.2 Å². The number of nitrogens with one attached hydrogen (secondary N) is 1. The molecular formula is C23H30N2O3. The van der Waals surface area contributed by atoms with Crippen molar-refractivity contribution < 1.29 is 14.3 Å². The second kappa shape index (κ2) is 9.11. The minimum Gasteiger partial charge on any atom is -0.497 e. The van der Waals surface area contributed by atoms with E-state index in [1.807, 2.05) is 42.5 Å².